The Labute approximate surface area is 147 Å². The maximum Gasteiger partial charge on any atom is 0.151 e. The summed E-state index contributed by atoms with van der Waals surface area (Å²) in [5, 5.41) is 4.42. The molecule has 1 unspecified atom stereocenters. The number of hydrogen-bond acceptors (Lipinski definition) is 4. The average molecular weight is 363 g/mol. The zero-order valence-corrected chi connectivity index (χ0v) is 15.0. The van der Waals surface area contributed by atoms with Crippen LogP contribution in [0.2, 0.25) is 0 Å². The molecular formula is C18H22FN3O2S. The average Bonchev–Trinajstić information content (AvgIpc) is 3.09. The molecule has 0 spiro atoms. The van der Waals surface area contributed by atoms with E-state index >= 15 is 0 Å². The number of nitrogens with zero attached hydrogens (tertiary/aromatic N) is 3. The summed E-state index contributed by atoms with van der Waals surface area (Å²) in [5.41, 5.74) is 1.92. The number of benzene rings is 1. The van der Waals surface area contributed by atoms with Crippen LogP contribution in [0.3, 0.4) is 0 Å². The van der Waals surface area contributed by atoms with Gasteiger partial charge in [-0.15, -0.1) is 6.58 Å². The van der Waals surface area contributed by atoms with Gasteiger partial charge in [0.25, 0.3) is 0 Å². The minimum absolute atomic E-state index is 0.0447. The molecular weight excluding hydrogens is 341 g/mol. The molecule has 1 fully saturated rings. The summed E-state index contributed by atoms with van der Waals surface area (Å²) < 4.78 is 39.5. The van der Waals surface area contributed by atoms with E-state index in [1.54, 1.807) is 36.0 Å². The Bertz CT molecular complexity index is 876. The Morgan fingerprint density at radius 2 is 2.20 bits per heavy atom. The van der Waals surface area contributed by atoms with Gasteiger partial charge in [0.2, 0.25) is 0 Å². The van der Waals surface area contributed by atoms with E-state index in [9.17, 15) is 12.8 Å². The predicted molar refractivity (Wildman–Crippen MR) is 96.3 cm³/mol. The van der Waals surface area contributed by atoms with Gasteiger partial charge < -0.3 is 0 Å². The Morgan fingerprint density at radius 1 is 1.44 bits per heavy atom. The third kappa shape index (κ3) is 3.99. The molecule has 0 N–H and O–H groups in total. The minimum Gasteiger partial charge on any atom is -0.291 e. The van der Waals surface area contributed by atoms with E-state index in [-0.39, 0.29) is 23.4 Å². The van der Waals surface area contributed by atoms with Crippen molar-refractivity contribution >= 4 is 9.84 Å². The third-order valence-corrected chi connectivity index (χ3v) is 6.25. The molecule has 0 radical (unpaired) electrons. The number of aryl methyl sites for hydroxylation is 1. The number of rotatable bonds is 6. The van der Waals surface area contributed by atoms with E-state index in [1.807, 2.05) is 6.20 Å². The summed E-state index contributed by atoms with van der Waals surface area (Å²) >= 11 is 0. The number of hydrogen-bond donors (Lipinski definition) is 0. The molecule has 0 bridgehead atoms. The molecule has 1 aromatic heterocycles. The van der Waals surface area contributed by atoms with Crippen molar-refractivity contribution in [2.24, 2.45) is 7.05 Å². The Balaban J connectivity index is 1.91. The second-order valence-electron chi connectivity index (χ2n) is 6.43. The molecule has 1 aromatic carbocycles. The van der Waals surface area contributed by atoms with E-state index in [2.05, 4.69) is 16.6 Å². The van der Waals surface area contributed by atoms with Crippen LogP contribution in [0.25, 0.3) is 11.3 Å². The molecule has 3 rings (SSSR count). The topological polar surface area (TPSA) is 55.2 Å². The summed E-state index contributed by atoms with van der Waals surface area (Å²) in [7, 11) is -1.17. The maximum absolute atomic E-state index is 14.2. The fraction of sp³-hybridized carbons (Fsp3) is 0.389. The van der Waals surface area contributed by atoms with Crippen molar-refractivity contribution in [3.8, 4) is 11.3 Å². The van der Waals surface area contributed by atoms with Crippen molar-refractivity contribution < 1.29 is 12.8 Å². The first kappa shape index (κ1) is 17.8. The van der Waals surface area contributed by atoms with Gasteiger partial charge in [-0.1, -0.05) is 18.2 Å². The molecule has 1 saturated heterocycles. The molecule has 134 valence electrons. The highest BCUT2D eigenvalue weighted by atomic mass is 32.2. The monoisotopic (exact) mass is 363 g/mol. The van der Waals surface area contributed by atoms with Crippen LogP contribution in [0.5, 0.6) is 0 Å². The second-order valence-corrected chi connectivity index (χ2v) is 8.66. The second kappa shape index (κ2) is 7.09. The van der Waals surface area contributed by atoms with Crippen LogP contribution in [0.1, 0.15) is 12.0 Å². The lowest BCUT2D eigenvalue weighted by Crippen LogP contribution is -2.35. The van der Waals surface area contributed by atoms with E-state index in [0.29, 0.717) is 30.8 Å². The quantitative estimate of drug-likeness (QED) is 0.740. The summed E-state index contributed by atoms with van der Waals surface area (Å²) in [6.45, 7) is 4.86. The SMILES string of the molecule is C=CCN(Cc1cn(C)nc1-c1ccccc1F)C1CCS(=O)(=O)C1. The molecule has 5 nitrogen and oxygen atoms in total. The van der Waals surface area contributed by atoms with Crippen LogP contribution in [0.4, 0.5) is 4.39 Å². The van der Waals surface area contributed by atoms with Crippen LogP contribution in [-0.2, 0) is 23.4 Å². The largest absolute Gasteiger partial charge is 0.291 e. The van der Waals surface area contributed by atoms with Crippen molar-refractivity contribution in [2.75, 3.05) is 18.1 Å². The summed E-state index contributed by atoms with van der Waals surface area (Å²) in [5.74, 6) is 0.0652. The normalized spacial score (nSPS) is 19.4. The van der Waals surface area contributed by atoms with Gasteiger partial charge in [0.15, 0.2) is 9.84 Å². The lowest BCUT2D eigenvalue weighted by Gasteiger charge is -2.26. The van der Waals surface area contributed by atoms with E-state index in [0.717, 1.165) is 5.56 Å². The van der Waals surface area contributed by atoms with Gasteiger partial charge in [-0.2, -0.15) is 5.10 Å². The first-order valence-corrected chi connectivity index (χ1v) is 10.0. The van der Waals surface area contributed by atoms with E-state index in [4.69, 9.17) is 0 Å². The Hall–Kier alpha value is -1.99. The van der Waals surface area contributed by atoms with Crippen LogP contribution >= 0.6 is 0 Å². The van der Waals surface area contributed by atoms with Crippen molar-refractivity contribution in [3.05, 3.63) is 54.5 Å². The first-order chi connectivity index (χ1) is 11.9. The van der Waals surface area contributed by atoms with E-state index < -0.39 is 9.84 Å². The summed E-state index contributed by atoms with van der Waals surface area (Å²) in [6.07, 6.45) is 4.25. The van der Waals surface area contributed by atoms with Gasteiger partial charge in [0.1, 0.15) is 5.82 Å². The Morgan fingerprint density at radius 3 is 2.84 bits per heavy atom. The maximum atomic E-state index is 14.2. The van der Waals surface area contributed by atoms with Crippen molar-refractivity contribution in [1.82, 2.24) is 14.7 Å². The van der Waals surface area contributed by atoms with Gasteiger partial charge in [0.05, 0.1) is 17.2 Å². The fourth-order valence-electron chi connectivity index (χ4n) is 3.32. The lowest BCUT2D eigenvalue weighted by atomic mass is 10.1. The molecule has 0 aliphatic carbocycles. The predicted octanol–water partition coefficient (Wildman–Crippen LogP) is 2.40. The highest BCUT2D eigenvalue weighted by Gasteiger charge is 2.32. The molecule has 2 heterocycles. The highest BCUT2D eigenvalue weighted by molar-refractivity contribution is 7.91. The van der Waals surface area contributed by atoms with Gasteiger partial charge in [-0.25, -0.2) is 12.8 Å². The fourth-order valence-corrected chi connectivity index (χ4v) is 5.09. The Kier molecular flexibility index (Phi) is 5.06. The van der Waals surface area contributed by atoms with Gasteiger partial charge in [-0.05, 0) is 18.6 Å². The van der Waals surface area contributed by atoms with Crippen LogP contribution in [0.15, 0.2) is 43.1 Å². The first-order valence-electron chi connectivity index (χ1n) is 8.22. The van der Waals surface area contributed by atoms with Crippen molar-refractivity contribution in [2.45, 2.75) is 19.0 Å². The molecule has 0 amide bonds. The highest BCUT2D eigenvalue weighted by Crippen LogP contribution is 2.27. The van der Waals surface area contributed by atoms with Crippen molar-refractivity contribution in [3.63, 3.8) is 0 Å². The lowest BCUT2D eigenvalue weighted by molar-refractivity contribution is 0.227. The zero-order chi connectivity index (χ0) is 18.0. The number of halogens is 1. The minimum atomic E-state index is -2.97. The van der Waals surface area contributed by atoms with E-state index in [1.165, 1.54) is 6.07 Å². The van der Waals surface area contributed by atoms with Crippen molar-refractivity contribution in [1.29, 1.82) is 0 Å². The molecule has 7 heteroatoms. The smallest absolute Gasteiger partial charge is 0.151 e. The van der Waals surface area contributed by atoms with Gasteiger partial charge in [-0.3, -0.25) is 9.58 Å². The molecule has 2 aromatic rings. The standard InChI is InChI=1S/C18H22FN3O2S/c1-3-9-22(15-8-10-25(23,24)13-15)12-14-11-21(2)20-18(14)16-6-4-5-7-17(16)19/h3-7,11,15H,1,8-10,12-13H2,2H3. The van der Waals surface area contributed by atoms with Gasteiger partial charge in [0, 0.05) is 43.5 Å². The summed E-state index contributed by atoms with van der Waals surface area (Å²) in [6, 6.07) is 6.51. The van der Waals surface area contributed by atoms with Crippen LogP contribution in [0, 0.1) is 5.82 Å². The summed E-state index contributed by atoms with van der Waals surface area (Å²) in [4.78, 5) is 2.08. The third-order valence-electron chi connectivity index (χ3n) is 4.50. The zero-order valence-electron chi connectivity index (χ0n) is 14.2. The molecule has 0 saturated carbocycles. The molecule has 25 heavy (non-hydrogen) atoms. The molecule has 1 aliphatic heterocycles. The van der Waals surface area contributed by atoms with Crippen LogP contribution in [-0.4, -0.2) is 47.2 Å². The molecule has 1 atom stereocenters. The van der Waals surface area contributed by atoms with Gasteiger partial charge >= 0.3 is 0 Å². The number of aromatic nitrogens is 2. The number of sulfone groups is 1. The molecule has 1 aliphatic rings. The van der Waals surface area contributed by atoms with Crippen LogP contribution < -0.4 is 0 Å².